The average Bonchev–Trinajstić information content (AvgIpc) is 3.59. The summed E-state index contributed by atoms with van der Waals surface area (Å²) in [6.45, 7) is 5.52. The highest BCUT2D eigenvalue weighted by molar-refractivity contribution is 5.63. The van der Waals surface area contributed by atoms with Crippen LogP contribution in [0.2, 0.25) is 0 Å². The number of halogens is 1. The van der Waals surface area contributed by atoms with Gasteiger partial charge in [-0.2, -0.15) is 0 Å². The number of aliphatic hydroxyl groups excluding tert-OH is 1. The van der Waals surface area contributed by atoms with Crippen LogP contribution in [0.4, 0.5) is 4.39 Å². The van der Waals surface area contributed by atoms with Gasteiger partial charge in [0.05, 0.1) is 30.6 Å². The summed E-state index contributed by atoms with van der Waals surface area (Å²) < 4.78 is 25.5. The monoisotopic (exact) mass is 451 g/mol. The number of nitrogens with zero attached hydrogens (tertiary/aromatic N) is 1. The second kappa shape index (κ2) is 8.30. The largest absolute Gasteiger partial charge is 0.396 e. The lowest BCUT2D eigenvalue weighted by Gasteiger charge is -2.60. The minimum Gasteiger partial charge on any atom is -0.396 e. The Morgan fingerprint density at radius 2 is 2.00 bits per heavy atom. The predicted octanol–water partition coefficient (Wildman–Crippen LogP) is 5.51. The molecule has 2 aliphatic carbocycles. The van der Waals surface area contributed by atoms with E-state index in [9.17, 15) is 9.50 Å². The first-order valence-corrected chi connectivity index (χ1v) is 12.0. The number of pyridine rings is 1. The lowest BCUT2D eigenvalue weighted by Crippen LogP contribution is -2.60. The van der Waals surface area contributed by atoms with Gasteiger partial charge in [-0.3, -0.25) is 4.98 Å². The molecule has 3 aliphatic rings. The number of rotatable bonds is 5. The van der Waals surface area contributed by atoms with Gasteiger partial charge >= 0.3 is 0 Å². The molecule has 1 N–H and O–H groups in total. The van der Waals surface area contributed by atoms with E-state index in [-0.39, 0.29) is 40.9 Å². The molecular weight excluding hydrogens is 417 g/mol. The smallest absolute Gasteiger partial charge is 0.123 e. The van der Waals surface area contributed by atoms with Crippen LogP contribution in [0.1, 0.15) is 45.2 Å². The van der Waals surface area contributed by atoms with Crippen molar-refractivity contribution in [3.05, 3.63) is 60.2 Å². The van der Waals surface area contributed by atoms with Crippen LogP contribution >= 0.6 is 0 Å². The molecule has 1 aromatic carbocycles. The molecule has 1 aliphatic heterocycles. The van der Waals surface area contributed by atoms with Crippen molar-refractivity contribution >= 4 is 6.08 Å². The fourth-order valence-corrected chi connectivity index (χ4v) is 7.05. The Morgan fingerprint density at radius 1 is 1.18 bits per heavy atom. The second-order valence-electron chi connectivity index (χ2n) is 10.7. The predicted molar refractivity (Wildman–Crippen MR) is 127 cm³/mol. The lowest BCUT2D eigenvalue weighted by atomic mass is 9.45. The normalized spacial score (nSPS) is 37.9. The Bertz CT molecular complexity index is 1030. The van der Waals surface area contributed by atoms with E-state index in [4.69, 9.17) is 9.47 Å². The molecule has 1 aromatic heterocycles. The van der Waals surface area contributed by atoms with Gasteiger partial charge in [0, 0.05) is 30.2 Å². The number of epoxide rings is 1. The molecule has 4 nitrogen and oxygen atoms in total. The molecule has 1 unspecified atom stereocenters. The summed E-state index contributed by atoms with van der Waals surface area (Å²) in [7, 11) is 1.77. The van der Waals surface area contributed by atoms with Crippen molar-refractivity contribution in [2.75, 3.05) is 20.3 Å². The molecule has 6 atom stereocenters. The number of aliphatic hydroxyl groups is 1. The number of ether oxygens (including phenoxy) is 2. The average molecular weight is 452 g/mol. The first kappa shape index (κ1) is 22.7. The van der Waals surface area contributed by atoms with Crippen molar-refractivity contribution in [3.8, 4) is 11.1 Å². The van der Waals surface area contributed by atoms with E-state index in [1.165, 1.54) is 12.1 Å². The molecule has 3 fully saturated rings. The van der Waals surface area contributed by atoms with Gasteiger partial charge in [-0.15, -0.1) is 0 Å². The summed E-state index contributed by atoms with van der Waals surface area (Å²) in [4.78, 5) is 4.62. The van der Waals surface area contributed by atoms with E-state index in [0.29, 0.717) is 5.92 Å². The minimum atomic E-state index is -0.255. The summed E-state index contributed by atoms with van der Waals surface area (Å²) in [6, 6.07) is 10.6. The van der Waals surface area contributed by atoms with Crippen LogP contribution in [0.5, 0.6) is 0 Å². The van der Waals surface area contributed by atoms with Crippen LogP contribution in [0.25, 0.3) is 17.2 Å². The van der Waals surface area contributed by atoms with Gasteiger partial charge < -0.3 is 14.6 Å². The van der Waals surface area contributed by atoms with Gasteiger partial charge in [0.1, 0.15) is 5.82 Å². The van der Waals surface area contributed by atoms with E-state index in [2.05, 4.69) is 31.0 Å². The van der Waals surface area contributed by atoms with E-state index in [0.717, 1.165) is 49.1 Å². The molecule has 176 valence electrons. The molecule has 33 heavy (non-hydrogen) atoms. The number of benzene rings is 1. The van der Waals surface area contributed by atoms with E-state index in [1.807, 2.05) is 18.2 Å². The maximum Gasteiger partial charge on any atom is 0.123 e. The van der Waals surface area contributed by atoms with Gasteiger partial charge in [0.15, 0.2) is 0 Å². The first-order valence-electron chi connectivity index (χ1n) is 12.0. The zero-order chi connectivity index (χ0) is 23.3. The van der Waals surface area contributed by atoms with E-state index < -0.39 is 0 Å². The zero-order valence-electron chi connectivity index (χ0n) is 19.8. The maximum atomic E-state index is 13.6. The number of fused-ring (bicyclic) bond motifs is 1. The Balaban J connectivity index is 1.42. The lowest BCUT2D eigenvalue weighted by molar-refractivity contribution is -0.176. The Morgan fingerprint density at radius 3 is 2.64 bits per heavy atom. The van der Waals surface area contributed by atoms with Crippen molar-refractivity contribution in [1.29, 1.82) is 0 Å². The third-order valence-corrected chi connectivity index (χ3v) is 8.95. The van der Waals surface area contributed by atoms with E-state index in [1.54, 1.807) is 19.4 Å². The highest BCUT2D eigenvalue weighted by Crippen LogP contribution is 2.66. The number of aromatic nitrogens is 1. The van der Waals surface area contributed by atoms with Crippen molar-refractivity contribution in [3.63, 3.8) is 0 Å². The summed E-state index contributed by atoms with van der Waals surface area (Å²) in [5, 5.41) is 10.4. The van der Waals surface area contributed by atoms with Crippen LogP contribution < -0.4 is 0 Å². The van der Waals surface area contributed by atoms with E-state index >= 15 is 0 Å². The molecule has 2 saturated carbocycles. The summed E-state index contributed by atoms with van der Waals surface area (Å²) in [6.07, 6.45) is 10.4. The van der Waals surface area contributed by atoms with Crippen molar-refractivity contribution in [2.45, 2.75) is 51.2 Å². The van der Waals surface area contributed by atoms with Gasteiger partial charge in [0.25, 0.3) is 0 Å². The number of hydrogen-bond donors (Lipinski definition) is 1. The SMILES string of the molecule is CO[C@@H]1CC[C@]2(C)[C@H](CCC3(CO3)[C@H]2/C=C/c2ccc(-c3cccc(F)c3)cn2)[C@]1(C)CO. The van der Waals surface area contributed by atoms with Crippen LogP contribution in [0, 0.1) is 28.5 Å². The molecule has 5 rings (SSSR count). The standard InChI is InChI=1S/C28H34FNO3/c1-26-13-12-25(32-3)27(2,17-31)23(26)11-14-28(18-33-28)24(26)10-9-22-8-7-20(16-30-22)19-5-4-6-21(29)15-19/h4-10,15-16,23-25,31H,11-14,17-18H2,1-3H3/b10-9+/t23-,24-,25+,26+,27-,28?/m0/s1. The van der Waals surface area contributed by atoms with Crippen molar-refractivity contribution in [2.24, 2.45) is 22.7 Å². The molecule has 2 aromatic rings. The summed E-state index contributed by atoms with van der Waals surface area (Å²) >= 11 is 0. The topological polar surface area (TPSA) is 54.9 Å². The highest BCUT2D eigenvalue weighted by atomic mass is 19.1. The molecule has 0 bridgehead atoms. The molecule has 1 spiro atoms. The molecular formula is C28H34FNO3. The highest BCUT2D eigenvalue weighted by Gasteiger charge is 2.66. The van der Waals surface area contributed by atoms with Crippen molar-refractivity contribution < 1.29 is 19.0 Å². The Labute approximate surface area is 195 Å². The third-order valence-electron chi connectivity index (χ3n) is 8.95. The van der Waals surface area contributed by atoms with Gasteiger partial charge in [-0.05, 0) is 66.9 Å². The molecule has 5 heteroatoms. The Hall–Kier alpha value is -2.08. The number of hydrogen-bond acceptors (Lipinski definition) is 4. The third kappa shape index (κ3) is 3.74. The quantitative estimate of drug-likeness (QED) is 0.609. The van der Waals surface area contributed by atoms with Gasteiger partial charge in [0.2, 0.25) is 0 Å². The fourth-order valence-electron chi connectivity index (χ4n) is 7.05. The molecule has 2 heterocycles. The molecule has 0 amide bonds. The van der Waals surface area contributed by atoms with Gasteiger partial charge in [-0.1, -0.05) is 38.1 Å². The van der Waals surface area contributed by atoms with Crippen molar-refractivity contribution in [1.82, 2.24) is 4.98 Å². The van der Waals surface area contributed by atoms with Crippen LogP contribution in [-0.4, -0.2) is 42.1 Å². The maximum absolute atomic E-state index is 13.6. The minimum absolute atomic E-state index is 0.0270. The summed E-state index contributed by atoms with van der Waals surface area (Å²) in [5.74, 6) is 0.378. The zero-order valence-corrected chi connectivity index (χ0v) is 19.8. The van der Waals surface area contributed by atoms with Gasteiger partial charge in [-0.25, -0.2) is 4.39 Å². The second-order valence-corrected chi connectivity index (χ2v) is 10.7. The van der Waals surface area contributed by atoms with Crippen LogP contribution in [0.15, 0.2) is 48.7 Å². The molecule has 1 saturated heterocycles. The summed E-state index contributed by atoms with van der Waals surface area (Å²) in [5.41, 5.74) is 2.29. The fraction of sp³-hybridized carbons (Fsp3) is 0.536. The van der Waals surface area contributed by atoms with Crippen LogP contribution in [-0.2, 0) is 9.47 Å². The number of methoxy groups -OCH3 is 1. The Kier molecular flexibility index (Phi) is 5.71. The van der Waals surface area contributed by atoms with Crippen LogP contribution in [0.3, 0.4) is 0 Å². The molecule has 0 radical (unpaired) electrons. The first-order chi connectivity index (χ1) is 15.8.